The second-order valence-corrected chi connectivity index (χ2v) is 9.24. The molecule has 8 nitrogen and oxygen atoms in total. The Labute approximate surface area is 171 Å². The van der Waals surface area contributed by atoms with E-state index in [0.29, 0.717) is 21.1 Å². The lowest BCUT2D eigenvalue weighted by atomic mass is 10.2. The van der Waals surface area contributed by atoms with Gasteiger partial charge in [-0.2, -0.15) is 0 Å². The Morgan fingerprint density at radius 1 is 1.07 bits per heavy atom. The van der Waals surface area contributed by atoms with Gasteiger partial charge in [-0.25, -0.2) is 17.5 Å². The van der Waals surface area contributed by atoms with Crippen LogP contribution in [-0.4, -0.2) is 24.7 Å². The summed E-state index contributed by atoms with van der Waals surface area (Å²) >= 11 is 1.10. The molecule has 0 saturated carbocycles. The lowest BCUT2D eigenvalue weighted by Gasteiger charge is -2.28. The van der Waals surface area contributed by atoms with Crippen molar-refractivity contribution >= 4 is 50.4 Å². The van der Waals surface area contributed by atoms with Gasteiger partial charge in [-0.05, 0) is 36.4 Å². The van der Waals surface area contributed by atoms with Gasteiger partial charge in [-0.3, -0.25) is 4.79 Å². The molecule has 4 N–H and O–H groups in total. The van der Waals surface area contributed by atoms with Crippen LogP contribution in [0.15, 0.2) is 65.6 Å². The minimum atomic E-state index is -3.98. The van der Waals surface area contributed by atoms with E-state index in [9.17, 15) is 18.0 Å². The van der Waals surface area contributed by atoms with Gasteiger partial charge in [0.25, 0.3) is 15.9 Å². The number of nitrogens with zero attached hydrogens (tertiary/aromatic N) is 1. The van der Waals surface area contributed by atoms with Crippen molar-refractivity contribution in [3.8, 4) is 0 Å². The van der Waals surface area contributed by atoms with Crippen LogP contribution in [0.4, 0.5) is 21.9 Å². The molecule has 4 rings (SSSR count). The zero-order valence-electron chi connectivity index (χ0n) is 15.0. The van der Waals surface area contributed by atoms with E-state index in [4.69, 9.17) is 5.73 Å². The molecule has 0 aliphatic carbocycles. The van der Waals surface area contributed by atoms with Gasteiger partial charge < -0.3 is 16.4 Å². The van der Waals surface area contributed by atoms with Crippen LogP contribution >= 0.6 is 11.3 Å². The first kappa shape index (κ1) is 19.0. The molecule has 2 aromatic carbocycles. The smallest absolute Gasteiger partial charge is 0.336 e. The second-order valence-electron chi connectivity index (χ2n) is 6.25. The van der Waals surface area contributed by atoms with E-state index in [1.807, 2.05) is 0 Å². The van der Waals surface area contributed by atoms with Gasteiger partial charge in [0.15, 0.2) is 0 Å². The van der Waals surface area contributed by atoms with Crippen LogP contribution in [-0.2, 0) is 16.6 Å². The number of fused-ring (bicyclic) bond motifs is 1. The fourth-order valence-corrected chi connectivity index (χ4v) is 5.31. The molecule has 0 unspecified atom stereocenters. The molecule has 1 aliphatic heterocycles. The first-order chi connectivity index (χ1) is 13.9. The van der Waals surface area contributed by atoms with E-state index in [-0.39, 0.29) is 23.0 Å². The number of benzene rings is 2. The molecule has 0 fully saturated rings. The highest BCUT2D eigenvalue weighted by Crippen LogP contribution is 2.32. The molecule has 1 aliphatic rings. The Morgan fingerprint density at radius 3 is 2.59 bits per heavy atom. The molecule has 3 amide bonds. The molecule has 3 aromatic rings. The number of nitrogen functional groups attached to an aromatic ring is 1. The fraction of sp³-hybridized carbons (Fsp3) is 0.0526. The van der Waals surface area contributed by atoms with Crippen LogP contribution in [0.25, 0.3) is 0 Å². The maximum Gasteiger partial charge on any atom is 0.336 e. The molecular formula is C19H16N4O4S2. The third kappa shape index (κ3) is 3.55. The summed E-state index contributed by atoms with van der Waals surface area (Å²) in [5.74, 6) is -0.365. The number of carbonyl (C=O) groups is 2. The Hall–Kier alpha value is -3.37. The van der Waals surface area contributed by atoms with Gasteiger partial charge in [0.2, 0.25) is 0 Å². The van der Waals surface area contributed by atoms with Gasteiger partial charge in [0.05, 0.1) is 28.5 Å². The number of urea groups is 1. The van der Waals surface area contributed by atoms with Crippen molar-refractivity contribution in [3.05, 3.63) is 70.4 Å². The highest BCUT2D eigenvalue weighted by Gasteiger charge is 2.36. The van der Waals surface area contributed by atoms with E-state index < -0.39 is 16.1 Å². The third-order valence-corrected chi connectivity index (χ3v) is 7.17. The number of amides is 3. The SMILES string of the molecule is Nc1ccccc1NC(=O)c1ccc(CN2C(=O)Nc3ccccc3S2(=O)=O)s1. The highest BCUT2D eigenvalue weighted by molar-refractivity contribution is 7.90. The summed E-state index contributed by atoms with van der Waals surface area (Å²) in [7, 11) is -3.98. The van der Waals surface area contributed by atoms with Crippen molar-refractivity contribution in [1.29, 1.82) is 0 Å². The Bertz CT molecular complexity index is 1220. The molecule has 0 spiro atoms. The Kier molecular flexibility index (Phi) is 4.73. The molecule has 0 bridgehead atoms. The number of carbonyl (C=O) groups excluding carboxylic acids is 2. The summed E-state index contributed by atoms with van der Waals surface area (Å²) in [6.45, 7) is -0.173. The predicted octanol–water partition coefficient (Wildman–Crippen LogP) is 3.32. The minimum absolute atomic E-state index is 0.0358. The summed E-state index contributed by atoms with van der Waals surface area (Å²) in [6.07, 6.45) is 0. The summed E-state index contributed by atoms with van der Waals surface area (Å²) in [5.41, 5.74) is 7.01. The first-order valence-electron chi connectivity index (χ1n) is 8.53. The molecule has 29 heavy (non-hydrogen) atoms. The zero-order valence-corrected chi connectivity index (χ0v) is 16.6. The first-order valence-corrected chi connectivity index (χ1v) is 10.8. The number of hydrogen-bond donors (Lipinski definition) is 3. The number of sulfonamides is 1. The fourth-order valence-electron chi connectivity index (χ4n) is 2.88. The summed E-state index contributed by atoms with van der Waals surface area (Å²) in [5, 5.41) is 5.29. The molecule has 1 aromatic heterocycles. The van der Waals surface area contributed by atoms with Gasteiger partial charge >= 0.3 is 6.03 Å². The van der Waals surface area contributed by atoms with Crippen LogP contribution < -0.4 is 16.4 Å². The van der Waals surface area contributed by atoms with Gasteiger partial charge in [0.1, 0.15) is 4.90 Å². The maximum absolute atomic E-state index is 12.8. The van der Waals surface area contributed by atoms with Gasteiger partial charge in [-0.15, -0.1) is 11.3 Å². The molecule has 2 heterocycles. The van der Waals surface area contributed by atoms with Crippen LogP contribution in [0, 0.1) is 0 Å². The zero-order chi connectivity index (χ0) is 20.6. The van der Waals surface area contributed by atoms with E-state index in [1.165, 1.54) is 12.1 Å². The summed E-state index contributed by atoms with van der Waals surface area (Å²) in [4.78, 5) is 25.8. The largest absolute Gasteiger partial charge is 0.397 e. The molecular weight excluding hydrogens is 412 g/mol. The van der Waals surface area contributed by atoms with Crippen molar-refractivity contribution in [2.45, 2.75) is 11.4 Å². The molecule has 0 atom stereocenters. The summed E-state index contributed by atoms with van der Waals surface area (Å²) < 4.78 is 26.4. The number of hydrogen-bond acceptors (Lipinski definition) is 6. The van der Waals surface area contributed by atoms with Crippen LogP contribution in [0.1, 0.15) is 14.5 Å². The van der Waals surface area contributed by atoms with E-state index in [1.54, 1.807) is 48.5 Å². The van der Waals surface area contributed by atoms with Crippen molar-refractivity contribution in [3.63, 3.8) is 0 Å². The summed E-state index contributed by atoms with van der Waals surface area (Å²) in [6, 6.07) is 15.5. The topological polar surface area (TPSA) is 122 Å². The molecule has 10 heteroatoms. The van der Waals surface area contributed by atoms with Crippen LogP contribution in [0.5, 0.6) is 0 Å². The van der Waals surface area contributed by atoms with E-state index in [0.717, 1.165) is 15.6 Å². The number of thiophene rings is 1. The van der Waals surface area contributed by atoms with Crippen LogP contribution in [0.2, 0.25) is 0 Å². The quantitative estimate of drug-likeness (QED) is 0.550. The Morgan fingerprint density at radius 2 is 1.79 bits per heavy atom. The average Bonchev–Trinajstić information content (AvgIpc) is 3.16. The Balaban J connectivity index is 1.54. The van der Waals surface area contributed by atoms with Crippen LogP contribution in [0.3, 0.4) is 0 Å². The third-order valence-electron chi connectivity index (χ3n) is 4.32. The molecule has 0 saturated heterocycles. The maximum atomic E-state index is 12.8. The molecule has 148 valence electrons. The van der Waals surface area contributed by atoms with E-state index >= 15 is 0 Å². The van der Waals surface area contributed by atoms with Crippen molar-refractivity contribution in [1.82, 2.24) is 4.31 Å². The van der Waals surface area contributed by atoms with Crippen molar-refractivity contribution in [2.24, 2.45) is 0 Å². The number of anilines is 3. The predicted molar refractivity (Wildman–Crippen MR) is 111 cm³/mol. The monoisotopic (exact) mass is 428 g/mol. The van der Waals surface area contributed by atoms with Gasteiger partial charge in [-0.1, -0.05) is 24.3 Å². The van der Waals surface area contributed by atoms with Crippen molar-refractivity contribution in [2.75, 3.05) is 16.4 Å². The lowest BCUT2D eigenvalue weighted by molar-refractivity contribution is 0.103. The highest BCUT2D eigenvalue weighted by atomic mass is 32.2. The number of nitrogens with one attached hydrogen (secondary N) is 2. The number of rotatable bonds is 4. The lowest BCUT2D eigenvalue weighted by Crippen LogP contribution is -2.43. The minimum Gasteiger partial charge on any atom is -0.397 e. The van der Waals surface area contributed by atoms with E-state index in [2.05, 4.69) is 10.6 Å². The van der Waals surface area contributed by atoms with Gasteiger partial charge in [0, 0.05) is 4.88 Å². The molecule has 0 radical (unpaired) electrons. The second kappa shape index (κ2) is 7.22. The van der Waals surface area contributed by atoms with Crippen molar-refractivity contribution < 1.29 is 18.0 Å². The normalized spacial score (nSPS) is 14.8. The average molecular weight is 428 g/mol. The number of para-hydroxylation sites is 3. The number of nitrogens with two attached hydrogens (primary N) is 1. The standard InChI is InChI=1S/C19H16N4O4S2/c20-13-5-1-2-6-14(13)21-18(24)16-10-9-12(28-16)11-23-19(25)22-15-7-3-4-8-17(15)29(23,26)27/h1-10H,11,20H2,(H,21,24)(H,22,25).